The lowest BCUT2D eigenvalue weighted by atomic mass is 9.65. The first kappa shape index (κ1) is 29.2. The topological polar surface area (TPSA) is 107 Å². The minimum Gasteiger partial charge on any atom is -0.475 e. The maximum absolute atomic E-state index is 13.7. The number of fused-ring (bicyclic) bond motifs is 2. The van der Waals surface area contributed by atoms with Crippen LogP contribution in [0, 0.1) is 16.7 Å². The number of carboxylic acid groups (broad SMARTS) is 1. The van der Waals surface area contributed by atoms with Gasteiger partial charge < -0.3 is 24.5 Å². The van der Waals surface area contributed by atoms with E-state index in [0.717, 1.165) is 84.3 Å². The summed E-state index contributed by atoms with van der Waals surface area (Å²) >= 11 is 0. The van der Waals surface area contributed by atoms with Gasteiger partial charge in [0.2, 0.25) is 11.8 Å². The van der Waals surface area contributed by atoms with Crippen molar-refractivity contribution in [3.63, 3.8) is 0 Å². The third-order valence-electron chi connectivity index (χ3n) is 8.81. The average Bonchev–Trinajstić information content (AvgIpc) is 3.60. The highest BCUT2D eigenvalue weighted by Crippen LogP contribution is 2.62. The second-order valence-electron chi connectivity index (χ2n) is 10.7. The molecule has 12 heteroatoms. The molecule has 3 saturated heterocycles. The van der Waals surface area contributed by atoms with Crippen LogP contribution in [0.25, 0.3) is 0 Å². The summed E-state index contributed by atoms with van der Waals surface area (Å²) in [6, 6.07) is 0. The number of nitrogens with zero attached hydrogens (tertiary/aromatic N) is 3. The fourth-order valence-electron chi connectivity index (χ4n) is 6.75. The van der Waals surface area contributed by atoms with Gasteiger partial charge in [-0.1, -0.05) is 6.92 Å². The van der Waals surface area contributed by atoms with E-state index in [0.29, 0.717) is 11.8 Å². The quantitative estimate of drug-likeness (QED) is 0.541. The maximum Gasteiger partial charge on any atom is 0.490 e. The zero-order valence-corrected chi connectivity index (χ0v) is 21.6. The third kappa shape index (κ3) is 6.21. The standard InChI is InChI=1S/C23H37N3O4.C2HF3O2/c1-3-24-16-18-22(8-9-23(18,17-24)21(29)26-12-4-5-13-26)10-14-25(15-11-22)19(27)6-7-20(28)30-2;3-2(4,5)1(6)7/h18H,3-17H2,1-2H3;(H,6,7)/t18-,23+;/m0./s1. The Morgan fingerprint density at radius 2 is 1.54 bits per heavy atom. The molecule has 0 radical (unpaired) electrons. The molecule has 1 aliphatic carbocycles. The van der Waals surface area contributed by atoms with Crippen molar-refractivity contribution in [2.75, 3.05) is 52.9 Å². The van der Waals surface area contributed by atoms with E-state index in [1.807, 2.05) is 4.90 Å². The van der Waals surface area contributed by atoms with E-state index in [9.17, 15) is 27.6 Å². The van der Waals surface area contributed by atoms with Gasteiger partial charge in [0, 0.05) is 45.7 Å². The lowest BCUT2D eigenvalue weighted by Gasteiger charge is -2.45. The molecule has 210 valence electrons. The number of esters is 1. The number of methoxy groups -OCH3 is 1. The van der Waals surface area contributed by atoms with Crippen molar-refractivity contribution in [1.29, 1.82) is 0 Å². The van der Waals surface area contributed by atoms with Gasteiger partial charge in [0.05, 0.1) is 18.9 Å². The lowest BCUT2D eigenvalue weighted by Crippen LogP contribution is -2.50. The molecule has 1 saturated carbocycles. The largest absolute Gasteiger partial charge is 0.490 e. The van der Waals surface area contributed by atoms with Crippen LogP contribution in [0.5, 0.6) is 0 Å². The molecular formula is C25H38F3N3O6. The molecule has 3 aliphatic heterocycles. The highest BCUT2D eigenvalue weighted by molar-refractivity contribution is 5.85. The molecule has 2 atom stereocenters. The smallest absolute Gasteiger partial charge is 0.475 e. The number of rotatable bonds is 5. The summed E-state index contributed by atoms with van der Waals surface area (Å²) in [4.78, 5) is 53.0. The van der Waals surface area contributed by atoms with Crippen LogP contribution in [0.2, 0.25) is 0 Å². The predicted molar refractivity (Wildman–Crippen MR) is 126 cm³/mol. The third-order valence-corrected chi connectivity index (χ3v) is 8.81. The zero-order chi connectivity index (χ0) is 27.4. The van der Waals surface area contributed by atoms with E-state index >= 15 is 0 Å². The van der Waals surface area contributed by atoms with Crippen LogP contribution in [-0.2, 0) is 23.9 Å². The van der Waals surface area contributed by atoms with Gasteiger partial charge in [0.25, 0.3) is 0 Å². The van der Waals surface area contributed by atoms with Crippen LogP contribution in [0.1, 0.15) is 58.3 Å². The van der Waals surface area contributed by atoms with Crippen molar-refractivity contribution >= 4 is 23.8 Å². The molecule has 4 fully saturated rings. The summed E-state index contributed by atoms with van der Waals surface area (Å²) < 4.78 is 36.4. The number of hydrogen-bond donors (Lipinski definition) is 1. The van der Waals surface area contributed by atoms with Gasteiger partial charge in [-0.3, -0.25) is 14.4 Å². The Labute approximate surface area is 215 Å². The first-order valence-electron chi connectivity index (χ1n) is 13.0. The van der Waals surface area contributed by atoms with E-state index < -0.39 is 12.1 Å². The number of likely N-dealkylation sites (tertiary alicyclic amines) is 3. The predicted octanol–water partition coefficient (Wildman–Crippen LogP) is 2.54. The molecule has 0 aromatic heterocycles. The number of aliphatic carboxylic acids is 1. The average molecular weight is 534 g/mol. The van der Waals surface area contributed by atoms with Crippen molar-refractivity contribution in [2.45, 2.75) is 64.5 Å². The first-order chi connectivity index (χ1) is 17.4. The normalized spacial score (nSPS) is 27.0. The van der Waals surface area contributed by atoms with Gasteiger partial charge in [-0.15, -0.1) is 0 Å². The Bertz CT molecular complexity index is 868. The SMILES string of the molecule is CCN1C[C@H]2C3(CCN(C(=O)CCC(=O)OC)CC3)CC[C@@]2(C(=O)N2CCCC2)C1.O=C(O)C(F)(F)F. The number of halogens is 3. The van der Waals surface area contributed by atoms with Crippen LogP contribution in [-0.4, -0.2) is 103 Å². The van der Waals surface area contributed by atoms with E-state index in [1.165, 1.54) is 7.11 Å². The Kier molecular flexibility index (Phi) is 9.13. The molecule has 0 aromatic carbocycles. The van der Waals surface area contributed by atoms with Gasteiger partial charge in [-0.25, -0.2) is 4.79 Å². The Balaban J connectivity index is 0.000000479. The van der Waals surface area contributed by atoms with Crippen LogP contribution < -0.4 is 0 Å². The number of alkyl halides is 3. The molecule has 0 unspecified atom stereocenters. The van der Waals surface area contributed by atoms with Crippen molar-refractivity contribution < 1.29 is 42.2 Å². The Morgan fingerprint density at radius 3 is 2.05 bits per heavy atom. The van der Waals surface area contributed by atoms with Gasteiger partial charge in [-0.05, 0) is 56.4 Å². The fourth-order valence-corrected chi connectivity index (χ4v) is 6.75. The minimum absolute atomic E-state index is 0.0502. The number of piperidine rings is 1. The summed E-state index contributed by atoms with van der Waals surface area (Å²) in [5.74, 6) is -2.22. The van der Waals surface area contributed by atoms with E-state index in [2.05, 4.69) is 21.5 Å². The van der Waals surface area contributed by atoms with E-state index in [-0.39, 0.29) is 35.5 Å². The van der Waals surface area contributed by atoms with E-state index in [1.54, 1.807) is 0 Å². The molecule has 9 nitrogen and oxygen atoms in total. The lowest BCUT2D eigenvalue weighted by molar-refractivity contribution is -0.192. The summed E-state index contributed by atoms with van der Waals surface area (Å²) in [5, 5.41) is 7.12. The van der Waals surface area contributed by atoms with Gasteiger partial charge in [0.1, 0.15) is 0 Å². The molecule has 1 N–H and O–H groups in total. The molecule has 4 aliphatic rings. The number of carbonyl (C=O) groups is 4. The first-order valence-corrected chi connectivity index (χ1v) is 13.0. The zero-order valence-electron chi connectivity index (χ0n) is 21.6. The minimum atomic E-state index is -5.08. The summed E-state index contributed by atoms with van der Waals surface area (Å²) in [7, 11) is 1.36. The molecule has 2 amide bonds. The summed E-state index contributed by atoms with van der Waals surface area (Å²) in [5.41, 5.74) is -0.0319. The molecule has 0 aromatic rings. The van der Waals surface area contributed by atoms with Gasteiger partial charge in [-0.2, -0.15) is 13.2 Å². The van der Waals surface area contributed by atoms with Crippen molar-refractivity contribution in [3.8, 4) is 0 Å². The molecule has 3 heterocycles. The van der Waals surface area contributed by atoms with Gasteiger partial charge in [0.15, 0.2) is 0 Å². The Morgan fingerprint density at radius 1 is 0.946 bits per heavy atom. The second kappa shape index (κ2) is 11.6. The molecule has 1 spiro atoms. The van der Waals surface area contributed by atoms with Crippen molar-refractivity contribution in [1.82, 2.24) is 14.7 Å². The summed E-state index contributed by atoms with van der Waals surface area (Å²) in [6.45, 7) is 8.47. The monoisotopic (exact) mass is 533 g/mol. The van der Waals surface area contributed by atoms with Crippen LogP contribution in [0.15, 0.2) is 0 Å². The van der Waals surface area contributed by atoms with Crippen LogP contribution in [0.4, 0.5) is 13.2 Å². The Hall–Kier alpha value is -2.37. The molecular weight excluding hydrogens is 495 g/mol. The van der Waals surface area contributed by atoms with Crippen molar-refractivity contribution in [3.05, 3.63) is 0 Å². The highest BCUT2D eigenvalue weighted by atomic mass is 19.4. The van der Waals surface area contributed by atoms with Crippen LogP contribution >= 0.6 is 0 Å². The second-order valence-corrected chi connectivity index (χ2v) is 10.7. The summed E-state index contributed by atoms with van der Waals surface area (Å²) in [6.07, 6.45) is 1.64. The molecule has 4 rings (SSSR count). The highest BCUT2D eigenvalue weighted by Gasteiger charge is 2.64. The molecule has 37 heavy (non-hydrogen) atoms. The van der Waals surface area contributed by atoms with Crippen molar-refractivity contribution in [2.24, 2.45) is 16.7 Å². The molecule has 0 bridgehead atoms. The van der Waals surface area contributed by atoms with Gasteiger partial charge >= 0.3 is 18.1 Å². The fraction of sp³-hybridized carbons (Fsp3) is 0.840. The number of amides is 2. The number of carbonyl (C=O) groups excluding carboxylic acids is 3. The number of carboxylic acids is 1. The maximum atomic E-state index is 13.7. The van der Waals surface area contributed by atoms with Crippen LogP contribution in [0.3, 0.4) is 0 Å². The van der Waals surface area contributed by atoms with E-state index in [4.69, 9.17) is 9.90 Å². The number of ether oxygens (including phenoxy) is 1. The number of hydrogen-bond acceptors (Lipinski definition) is 6.